The number of nitriles is 1. The first kappa shape index (κ1) is 21.6. The van der Waals surface area contributed by atoms with Gasteiger partial charge in [0.05, 0.1) is 10.6 Å². The van der Waals surface area contributed by atoms with E-state index < -0.39 is 11.9 Å². The Morgan fingerprint density at radius 2 is 1.77 bits per heavy atom. The van der Waals surface area contributed by atoms with E-state index in [9.17, 15) is 14.9 Å². The molecule has 3 rings (SSSR count). The van der Waals surface area contributed by atoms with Gasteiger partial charge in [-0.2, -0.15) is 5.26 Å². The number of benzene rings is 3. The van der Waals surface area contributed by atoms with Gasteiger partial charge in [-0.1, -0.05) is 48.0 Å². The van der Waals surface area contributed by atoms with Gasteiger partial charge in [0.2, 0.25) is 0 Å². The Morgan fingerprint density at radius 3 is 2.39 bits per heavy atom. The first-order valence-electron chi connectivity index (χ1n) is 9.19. The molecule has 0 aromatic heterocycles. The summed E-state index contributed by atoms with van der Waals surface area (Å²) < 4.78 is 5.69. The van der Waals surface area contributed by atoms with Crippen molar-refractivity contribution in [1.82, 2.24) is 0 Å². The Bertz CT molecular complexity index is 1170. The summed E-state index contributed by atoms with van der Waals surface area (Å²) in [5.41, 5.74) is 2.08. The van der Waals surface area contributed by atoms with Crippen LogP contribution < -0.4 is 10.1 Å². The molecule has 0 heterocycles. The van der Waals surface area contributed by atoms with Gasteiger partial charge >= 0.3 is 5.97 Å². The molecule has 0 aliphatic heterocycles. The first-order valence-corrected chi connectivity index (χ1v) is 9.57. The zero-order valence-corrected chi connectivity index (χ0v) is 17.0. The molecule has 0 atom stereocenters. The highest BCUT2D eigenvalue weighted by molar-refractivity contribution is 6.32. The second-order valence-electron chi connectivity index (χ2n) is 6.47. The lowest BCUT2D eigenvalue weighted by molar-refractivity contribution is -0.112. The Kier molecular flexibility index (Phi) is 7.05. The summed E-state index contributed by atoms with van der Waals surface area (Å²) in [5.74, 6) is -1.09. The van der Waals surface area contributed by atoms with Crippen LogP contribution in [-0.2, 0) is 11.4 Å². The standard InChI is InChI=1S/C24H17ClN2O4/c25-21-13-17(12-19(14-26)23(28)27-20-4-2-1-3-5-20)8-11-22(21)31-15-16-6-9-18(10-7-16)24(29)30/h1-13H,15H2,(H,27,28)(H,29,30)/b19-12+. The lowest BCUT2D eigenvalue weighted by atomic mass is 10.1. The van der Waals surface area contributed by atoms with Gasteiger partial charge in [0, 0.05) is 5.69 Å². The molecule has 0 saturated carbocycles. The molecule has 31 heavy (non-hydrogen) atoms. The summed E-state index contributed by atoms with van der Waals surface area (Å²) in [4.78, 5) is 23.2. The Labute approximate surface area is 184 Å². The maximum Gasteiger partial charge on any atom is 0.335 e. The minimum Gasteiger partial charge on any atom is -0.487 e. The van der Waals surface area contributed by atoms with E-state index in [1.807, 2.05) is 12.1 Å². The molecule has 7 heteroatoms. The van der Waals surface area contributed by atoms with Gasteiger partial charge in [-0.25, -0.2) is 4.79 Å². The molecule has 0 spiro atoms. The third kappa shape index (κ3) is 5.95. The van der Waals surface area contributed by atoms with Crippen LogP contribution in [-0.4, -0.2) is 17.0 Å². The Hall–Kier alpha value is -4.08. The highest BCUT2D eigenvalue weighted by Crippen LogP contribution is 2.27. The number of amides is 1. The number of carbonyl (C=O) groups is 2. The van der Waals surface area contributed by atoms with Crippen LogP contribution in [0, 0.1) is 11.3 Å². The summed E-state index contributed by atoms with van der Waals surface area (Å²) in [5, 5.41) is 21.3. The molecular formula is C24H17ClN2O4. The van der Waals surface area contributed by atoms with Crippen molar-refractivity contribution in [2.24, 2.45) is 0 Å². The normalized spacial score (nSPS) is 10.8. The Morgan fingerprint density at radius 1 is 1.06 bits per heavy atom. The molecule has 154 valence electrons. The minimum absolute atomic E-state index is 0.0629. The van der Waals surface area contributed by atoms with Crippen LogP contribution in [0.4, 0.5) is 5.69 Å². The lowest BCUT2D eigenvalue weighted by Crippen LogP contribution is -2.13. The average Bonchev–Trinajstić information content (AvgIpc) is 2.77. The quantitative estimate of drug-likeness (QED) is 0.396. The van der Waals surface area contributed by atoms with Crippen molar-refractivity contribution < 1.29 is 19.4 Å². The predicted molar refractivity (Wildman–Crippen MR) is 118 cm³/mol. The SMILES string of the molecule is N#C/C(=C\c1ccc(OCc2ccc(C(=O)O)cc2)c(Cl)c1)C(=O)Nc1ccccc1. The van der Waals surface area contributed by atoms with Crippen molar-refractivity contribution >= 4 is 35.2 Å². The number of anilines is 1. The summed E-state index contributed by atoms with van der Waals surface area (Å²) in [6, 6.07) is 22.0. The fourth-order valence-electron chi connectivity index (χ4n) is 2.66. The Balaban J connectivity index is 1.68. The molecule has 0 unspecified atom stereocenters. The van der Waals surface area contributed by atoms with Gasteiger partial charge in [-0.15, -0.1) is 0 Å². The molecule has 0 aliphatic rings. The van der Waals surface area contributed by atoms with E-state index in [0.29, 0.717) is 22.0 Å². The number of halogens is 1. The maximum atomic E-state index is 12.3. The topological polar surface area (TPSA) is 99.4 Å². The van der Waals surface area contributed by atoms with Crippen LogP contribution in [0.25, 0.3) is 6.08 Å². The van der Waals surface area contributed by atoms with Gasteiger partial charge in [0.15, 0.2) is 0 Å². The zero-order chi connectivity index (χ0) is 22.2. The smallest absolute Gasteiger partial charge is 0.335 e. The number of para-hydroxylation sites is 1. The highest BCUT2D eigenvalue weighted by atomic mass is 35.5. The number of aromatic carboxylic acids is 1. The third-order valence-electron chi connectivity index (χ3n) is 4.26. The van der Waals surface area contributed by atoms with Crippen LogP contribution in [0.3, 0.4) is 0 Å². The summed E-state index contributed by atoms with van der Waals surface area (Å²) in [7, 11) is 0. The second-order valence-corrected chi connectivity index (χ2v) is 6.88. The van der Waals surface area contributed by atoms with E-state index >= 15 is 0 Å². The van der Waals surface area contributed by atoms with Crippen molar-refractivity contribution in [1.29, 1.82) is 5.26 Å². The van der Waals surface area contributed by atoms with Crippen molar-refractivity contribution in [3.05, 3.63) is 100 Å². The van der Waals surface area contributed by atoms with Gasteiger partial charge < -0.3 is 15.2 Å². The first-order chi connectivity index (χ1) is 15.0. The summed E-state index contributed by atoms with van der Waals surface area (Å²) in [6.07, 6.45) is 1.44. The summed E-state index contributed by atoms with van der Waals surface area (Å²) in [6.45, 7) is 0.206. The summed E-state index contributed by atoms with van der Waals surface area (Å²) >= 11 is 6.28. The lowest BCUT2D eigenvalue weighted by Gasteiger charge is -2.09. The van der Waals surface area contributed by atoms with E-state index in [1.165, 1.54) is 18.2 Å². The van der Waals surface area contributed by atoms with Crippen LogP contribution in [0.1, 0.15) is 21.5 Å². The fourth-order valence-corrected chi connectivity index (χ4v) is 2.91. The monoisotopic (exact) mass is 432 g/mol. The van der Waals surface area contributed by atoms with Crippen LogP contribution in [0.2, 0.25) is 5.02 Å². The number of hydrogen-bond donors (Lipinski definition) is 2. The molecule has 0 fully saturated rings. The molecule has 6 nitrogen and oxygen atoms in total. The maximum absolute atomic E-state index is 12.3. The van der Waals surface area contributed by atoms with E-state index in [-0.39, 0.29) is 17.7 Å². The molecule has 0 aliphatic carbocycles. The van der Waals surface area contributed by atoms with E-state index in [1.54, 1.807) is 54.6 Å². The van der Waals surface area contributed by atoms with Gasteiger partial charge in [-0.05, 0) is 53.6 Å². The molecule has 0 saturated heterocycles. The minimum atomic E-state index is -0.992. The zero-order valence-electron chi connectivity index (χ0n) is 16.2. The predicted octanol–water partition coefficient (Wildman–Crippen LogP) is 5.16. The third-order valence-corrected chi connectivity index (χ3v) is 4.55. The molecular weight excluding hydrogens is 416 g/mol. The second kappa shape index (κ2) is 10.1. The molecule has 3 aromatic carbocycles. The molecule has 1 amide bonds. The highest BCUT2D eigenvalue weighted by Gasteiger charge is 2.11. The molecule has 2 N–H and O–H groups in total. The number of nitrogens with one attached hydrogen (secondary N) is 1. The number of carbonyl (C=O) groups excluding carboxylic acids is 1. The molecule has 0 radical (unpaired) electrons. The average molecular weight is 433 g/mol. The van der Waals surface area contributed by atoms with E-state index in [0.717, 1.165) is 5.56 Å². The van der Waals surface area contributed by atoms with E-state index in [4.69, 9.17) is 21.4 Å². The van der Waals surface area contributed by atoms with Crippen LogP contribution in [0.15, 0.2) is 78.4 Å². The van der Waals surface area contributed by atoms with Crippen LogP contribution >= 0.6 is 11.6 Å². The number of hydrogen-bond acceptors (Lipinski definition) is 4. The van der Waals surface area contributed by atoms with Crippen molar-refractivity contribution in [2.45, 2.75) is 6.61 Å². The molecule has 3 aromatic rings. The number of nitrogens with zero attached hydrogens (tertiary/aromatic N) is 1. The van der Waals surface area contributed by atoms with Gasteiger partial charge in [0.25, 0.3) is 5.91 Å². The van der Waals surface area contributed by atoms with Crippen molar-refractivity contribution in [3.63, 3.8) is 0 Å². The number of carboxylic acids is 1. The number of rotatable bonds is 7. The van der Waals surface area contributed by atoms with Crippen molar-refractivity contribution in [3.8, 4) is 11.8 Å². The van der Waals surface area contributed by atoms with Gasteiger partial charge in [0.1, 0.15) is 24.0 Å². The number of ether oxygens (including phenoxy) is 1. The van der Waals surface area contributed by atoms with Gasteiger partial charge in [-0.3, -0.25) is 4.79 Å². The fraction of sp³-hybridized carbons (Fsp3) is 0.0417. The van der Waals surface area contributed by atoms with Crippen molar-refractivity contribution in [2.75, 3.05) is 5.32 Å². The van der Waals surface area contributed by atoms with E-state index in [2.05, 4.69) is 5.32 Å². The molecule has 0 bridgehead atoms. The largest absolute Gasteiger partial charge is 0.487 e. The van der Waals surface area contributed by atoms with Crippen LogP contribution in [0.5, 0.6) is 5.75 Å². The number of carboxylic acid groups (broad SMARTS) is 1.